The number of halogens is 1. The molecule has 0 atom stereocenters. The Hall–Kier alpha value is -2.75. The second kappa shape index (κ2) is 6.13. The number of hydrazine groups is 1. The Morgan fingerprint density at radius 3 is 2.52 bits per heavy atom. The van der Waals surface area contributed by atoms with E-state index in [4.69, 9.17) is 22.7 Å². The van der Waals surface area contributed by atoms with Crippen LogP contribution in [0.15, 0.2) is 42.6 Å². The van der Waals surface area contributed by atoms with E-state index in [1.54, 1.807) is 6.07 Å². The van der Waals surface area contributed by atoms with Crippen LogP contribution in [0.5, 0.6) is 0 Å². The van der Waals surface area contributed by atoms with Gasteiger partial charge in [-0.2, -0.15) is 5.26 Å². The van der Waals surface area contributed by atoms with E-state index in [1.165, 1.54) is 36.5 Å². The number of carbonyl (C=O) groups is 2. The smallest absolute Gasteiger partial charge is 0.267 e. The van der Waals surface area contributed by atoms with Crippen molar-refractivity contribution >= 4 is 23.4 Å². The number of aromatic nitrogens is 1. The first-order valence-electron chi connectivity index (χ1n) is 5.78. The average Bonchev–Trinajstić information content (AvgIpc) is 2.53. The van der Waals surface area contributed by atoms with Crippen LogP contribution < -0.4 is 5.84 Å². The van der Waals surface area contributed by atoms with Crippen LogP contribution in [0.25, 0.3) is 0 Å². The number of pyridine rings is 1. The van der Waals surface area contributed by atoms with Crippen LogP contribution in [0.4, 0.5) is 0 Å². The molecule has 1 heterocycles. The molecule has 7 heteroatoms. The van der Waals surface area contributed by atoms with E-state index in [2.05, 4.69) is 4.98 Å². The van der Waals surface area contributed by atoms with Crippen LogP contribution in [-0.2, 0) is 0 Å². The lowest BCUT2D eigenvalue weighted by Crippen LogP contribution is -2.42. The Bertz CT molecular complexity index is 737. The molecule has 6 nitrogen and oxygen atoms in total. The second-order valence-electron chi connectivity index (χ2n) is 4.04. The number of benzene rings is 1. The highest BCUT2D eigenvalue weighted by atomic mass is 35.5. The summed E-state index contributed by atoms with van der Waals surface area (Å²) >= 11 is 5.62. The summed E-state index contributed by atoms with van der Waals surface area (Å²) in [5, 5.41) is 9.50. The predicted octanol–water partition coefficient (Wildman–Crippen LogP) is 1.76. The first kappa shape index (κ1) is 14.7. The Kier molecular flexibility index (Phi) is 4.28. The topological polar surface area (TPSA) is 100 Å². The van der Waals surface area contributed by atoms with Gasteiger partial charge in [0.1, 0.15) is 5.15 Å². The number of hydrogen-bond donors (Lipinski definition) is 1. The maximum absolute atomic E-state index is 12.1. The first-order valence-corrected chi connectivity index (χ1v) is 6.16. The monoisotopic (exact) mass is 300 g/mol. The Labute approximate surface area is 125 Å². The summed E-state index contributed by atoms with van der Waals surface area (Å²) in [7, 11) is 0. The number of nitrogens with two attached hydrogens (primary N) is 1. The van der Waals surface area contributed by atoms with Crippen LogP contribution in [0.2, 0.25) is 5.15 Å². The zero-order valence-corrected chi connectivity index (χ0v) is 11.4. The van der Waals surface area contributed by atoms with Crippen molar-refractivity contribution in [2.45, 2.75) is 0 Å². The molecule has 0 bridgehead atoms. The molecule has 2 aromatic rings. The van der Waals surface area contributed by atoms with E-state index in [0.717, 1.165) is 0 Å². The fourth-order valence-corrected chi connectivity index (χ4v) is 1.71. The number of hydrogen-bond acceptors (Lipinski definition) is 5. The van der Waals surface area contributed by atoms with Crippen LogP contribution in [0, 0.1) is 11.3 Å². The molecule has 0 aliphatic heterocycles. The second-order valence-corrected chi connectivity index (χ2v) is 4.43. The molecule has 104 valence electrons. The largest absolute Gasteiger partial charge is 0.276 e. The highest BCUT2D eigenvalue weighted by Gasteiger charge is 2.21. The number of amides is 2. The summed E-state index contributed by atoms with van der Waals surface area (Å²) in [6.45, 7) is 0. The van der Waals surface area contributed by atoms with Gasteiger partial charge in [-0.05, 0) is 30.3 Å². The summed E-state index contributed by atoms with van der Waals surface area (Å²) in [6, 6.07) is 10.6. The van der Waals surface area contributed by atoms with E-state index in [1.807, 2.05) is 6.07 Å². The van der Waals surface area contributed by atoms with Gasteiger partial charge in [0.25, 0.3) is 11.8 Å². The van der Waals surface area contributed by atoms with Gasteiger partial charge in [0.2, 0.25) is 0 Å². The number of rotatable bonds is 2. The molecule has 2 N–H and O–H groups in total. The van der Waals surface area contributed by atoms with Crippen molar-refractivity contribution in [1.29, 1.82) is 5.26 Å². The quantitative estimate of drug-likeness (QED) is 0.299. The van der Waals surface area contributed by atoms with Crippen molar-refractivity contribution in [1.82, 2.24) is 9.99 Å². The fraction of sp³-hybridized carbons (Fsp3) is 0. The molecule has 1 aromatic carbocycles. The van der Waals surface area contributed by atoms with Gasteiger partial charge < -0.3 is 0 Å². The van der Waals surface area contributed by atoms with Crippen LogP contribution >= 0.6 is 11.6 Å². The van der Waals surface area contributed by atoms with Crippen LogP contribution in [0.1, 0.15) is 26.3 Å². The highest BCUT2D eigenvalue weighted by Crippen LogP contribution is 2.10. The standard InChI is InChI=1S/C14H9ClN4O2/c15-12-5-4-11(8-18-12)14(21)19(17)13(20)10-3-1-2-9(6-10)7-16/h1-6,8H,17H2. The fourth-order valence-electron chi connectivity index (χ4n) is 1.59. The van der Waals surface area contributed by atoms with Crippen molar-refractivity contribution in [2.24, 2.45) is 5.84 Å². The van der Waals surface area contributed by atoms with Gasteiger partial charge in [0, 0.05) is 11.8 Å². The van der Waals surface area contributed by atoms with E-state index in [0.29, 0.717) is 10.6 Å². The van der Waals surface area contributed by atoms with E-state index in [-0.39, 0.29) is 16.3 Å². The minimum Gasteiger partial charge on any atom is -0.267 e. The Morgan fingerprint density at radius 1 is 1.19 bits per heavy atom. The molecule has 2 rings (SSSR count). The summed E-state index contributed by atoms with van der Waals surface area (Å²) < 4.78 is 0. The third-order valence-electron chi connectivity index (χ3n) is 2.65. The highest BCUT2D eigenvalue weighted by molar-refractivity contribution is 6.29. The maximum Gasteiger partial charge on any atom is 0.276 e. The Morgan fingerprint density at radius 2 is 1.90 bits per heavy atom. The zero-order chi connectivity index (χ0) is 15.4. The molecule has 0 spiro atoms. The molecule has 0 aliphatic rings. The summed E-state index contributed by atoms with van der Waals surface area (Å²) in [5.74, 6) is 4.11. The van der Waals surface area contributed by atoms with E-state index in [9.17, 15) is 9.59 Å². The van der Waals surface area contributed by atoms with Crippen molar-refractivity contribution in [2.75, 3.05) is 0 Å². The Balaban J connectivity index is 2.24. The van der Waals surface area contributed by atoms with Gasteiger partial charge in [-0.25, -0.2) is 15.8 Å². The number of nitrogens with zero attached hydrogens (tertiary/aromatic N) is 3. The normalized spacial score (nSPS) is 9.76. The number of nitriles is 1. The van der Waals surface area contributed by atoms with Crippen molar-refractivity contribution in [3.05, 3.63) is 64.4 Å². The molecule has 0 fully saturated rings. The zero-order valence-electron chi connectivity index (χ0n) is 10.7. The molecular weight excluding hydrogens is 292 g/mol. The van der Waals surface area contributed by atoms with Gasteiger partial charge in [-0.1, -0.05) is 17.7 Å². The van der Waals surface area contributed by atoms with Crippen molar-refractivity contribution < 1.29 is 9.59 Å². The minimum absolute atomic E-state index is 0.131. The first-order chi connectivity index (χ1) is 10.0. The van der Waals surface area contributed by atoms with Gasteiger partial charge in [-0.15, -0.1) is 0 Å². The molecule has 0 saturated carbocycles. The molecule has 1 aromatic heterocycles. The third-order valence-corrected chi connectivity index (χ3v) is 2.87. The lowest BCUT2D eigenvalue weighted by Gasteiger charge is -2.14. The van der Waals surface area contributed by atoms with Gasteiger partial charge >= 0.3 is 0 Å². The molecule has 0 unspecified atom stereocenters. The predicted molar refractivity (Wildman–Crippen MR) is 75.1 cm³/mol. The van der Waals surface area contributed by atoms with Gasteiger partial charge in [-0.3, -0.25) is 9.59 Å². The van der Waals surface area contributed by atoms with Crippen molar-refractivity contribution in [3.63, 3.8) is 0 Å². The summed E-state index contributed by atoms with van der Waals surface area (Å²) in [4.78, 5) is 27.9. The molecule has 21 heavy (non-hydrogen) atoms. The number of carbonyl (C=O) groups excluding carboxylic acids is 2. The lowest BCUT2D eigenvalue weighted by atomic mass is 10.1. The van der Waals surface area contributed by atoms with Gasteiger partial charge in [0.05, 0.1) is 17.2 Å². The van der Waals surface area contributed by atoms with E-state index >= 15 is 0 Å². The average molecular weight is 301 g/mol. The molecule has 0 radical (unpaired) electrons. The van der Waals surface area contributed by atoms with Crippen LogP contribution in [-0.4, -0.2) is 21.8 Å². The number of imide groups is 1. The maximum atomic E-state index is 12.1. The lowest BCUT2D eigenvalue weighted by molar-refractivity contribution is 0.0615. The van der Waals surface area contributed by atoms with Crippen LogP contribution in [0.3, 0.4) is 0 Å². The SMILES string of the molecule is N#Cc1cccc(C(=O)N(N)C(=O)c2ccc(Cl)nc2)c1. The molecule has 0 aliphatic carbocycles. The van der Waals surface area contributed by atoms with Gasteiger partial charge in [0.15, 0.2) is 0 Å². The molecular formula is C14H9ClN4O2. The van der Waals surface area contributed by atoms with Crippen molar-refractivity contribution in [3.8, 4) is 6.07 Å². The van der Waals surface area contributed by atoms with E-state index < -0.39 is 11.8 Å². The minimum atomic E-state index is -0.716. The summed E-state index contributed by atoms with van der Waals surface area (Å²) in [5.41, 5.74) is 0.577. The molecule has 2 amide bonds. The third kappa shape index (κ3) is 3.23. The molecule has 0 saturated heterocycles. The summed E-state index contributed by atoms with van der Waals surface area (Å²) in [6.07, 6.45) is 1.23.